The van der Waals surface area contributed by atoms with E-state index in [-0.39, 0.29) is 12.4 Å². The first-order valence-corrected chi connectivity index (χ1v) is 9.91. The third kappa shape index (κ3) is 3.50. The molecule has 5 nitrogen and oxygen atoms in total. The number of rotatable bonds is 5. The predicted octanol–water partition coefficient (Wildman–Crippen LogP) is 4.97. The molecule has 0 amide bonds. The molecule has 1 saturated heterocycles. The Morgan fingerprint density at radius 3 is 2.57 bits per heavy atom. The first-order valence-electron chi connectivity index (χ1n) is 9.91. The number of fused-ring (bicyclic) bond motifs is 1. The van der Waals surface area contributed by atoms with E-state index in [0.717, 1.165) is 37.1 Å². The molecule has 2 heterocycles. The number of aromatic hydroxyl groups is 1. The maximum Gasteiger partial charge on any atom is 0.342 e. The monoisotopic (exact) mass is 379 g/mol. The average Bonchev–Trinajstić information content (AvgIpc) is 3.12. The van der Waals surface area contributed by atoms with E-state index in [1.807, 2.05) is 30.3 Å². The van der Waals surface area contributed by atoms with Crippen molar-refractivity contribution < 1.29 is 19.1 Å². The van der Waals surface area contributed by atoms with Gasteiger partial charge in [-0.25, -0.2) is 4.79 Å². The van der Waals surface area contributed by atoms with Crippen LogP contribution in [0.15, 0.2) is 46.9 Å². The van der Waals surface area contributed by atoms with Crippen LogP contribution in [0.2, 0.25) is 0 Å². The maximum absolute atomic E-state index is 12.9. The van der Waals surface area contributed by atoms with Crippen molar-refractivity contribution in [2.45, 2.75) is 32.7 Å². The first kappa shape index (κ1) is 18.6. The third-order valence-electron chi connectivity index (χ3n) is 5.28. The van der Waals surface area contributed by atoms with Crippen molar-refractivity contribution in [2.75, 3.05) is 19.7 Å². The number of phenols is 1. The van der Waals surface area contributed by atoms with Gasteiger partial charge in [-0.15, -0.1) is 0 Å². The summed E-state index contributed by atoms with van der Waals surface area (Å²) in [7, 11) is 0. The Morgan fingerprint density at radius 1 is 1.11 bits per heavy atom. The molecule has 4 rings (SSSR count). The number of hydrogen-bond donors (Lipinski definition) is 1. The molecule has 1 aromatic heterocycles. The average molecular weight is 379 g/mol. The molecule has 3 aromatic rings. The van der Waals surface area contributed by atoms with Gasteiger partial charge in [0.05, 0.1) is 6.61 Å². The smallest absolute Gasteiger partial charge is 0.342 e. The van der Waals surface area contributed by atoms with Crippen LogP contribution in [0.1, 0.15) is 42.1 Å². The highest BCUT2D eigenvalue weighted by Gasteiger charge is 2.27. The van der Waals surface area contributed by atoms with Crippen LogP contribution in [0.3, 0.4) is 0 Å². The van der Waals surface area contributed by atoms with E-state index in [1.54, 1.807) is 19.1 Å². The summed E-state index contributed by atoms with van der Waals surface area (Å²) in [5.41, 5.74) is 2.52. The van der Waals surface area contributed by atoms with E-state index in [1.165, 1.54) is 6.42 Å². The van der Waals surface area contributed by atoms with Crippen molar-refractivity contribution in [3.8, 4) is 17.1 Å². The lowest BCUT2D eigenvalue weighted by molar-refractivity contribution is 0.0528. The Morgan fingerprint density at radius 2 is 1.86 bits per heavy atom. The van der Waals surface area contributed by atoms with Crippen molar-refractivity contribution in [1.82, 2.24) is 4.90 Å². The highest BCUT2D eigenvalue weighted by atomic mass is 16.5. The number of nitrogens with zero attached hydrogens (tertiary/aromatic N) is 1. The Bertz CT molecular complexity index is 971. The van der Waals surface area contributed by atoms with Gasteiger partial charge in [0.2, 0.25) is 0 Å². The minimum atomic E-state index is -0.425. The number of ether oxygens (including phenoxy) is 1. The van der Waals surface area contributed by atoms with Crippen molar-refractivity contribution in [3.05, 3.63) is 53.6 Å². The van der Waals surface area contributed by atoms with Gasteiger partial charge in [-0.2, -0.15) is 0 Å². The number of hydrogen-bond acceptors (Lipinski definition) is 5. The van der Waals surface area contributed by atoms with Crippen LogP contribution < -0.4 is 0 Å². The molecule has 5 heteroatoms. The predicted molar refractivity (Wildman–Crippen MR) is 108 cm³/mol. The van der Waals surface area contributed by atoms with E-state index in [2.05, 4.69) is 4.90 Å². The van der Waals surface area contributed by atoms with E-state index in [4.69, 9.17) is 9.15 Å². The second-order valence-corrected chi connectivity index (χ2v) is 7.17. The summed E-state index contributed by atoms with van der Waals surface area (Å²) in [4.78, 5) is 15.2. The van der Waals surface area contributed by atoms with Crippen molar-refractivity contribution >= 4 is 16.9 Å². The fourth-order valence-electron chi connectivity index (χ4n) is 3.94. The van der Waals surface area contributed by atoms with Crippen LogP contribution in [0.25, 0.3) is 22.3 Å². The van der Waals surface area contributed by atoms with Gasteiger partial charge in [0.1, 0.15) is 22.7 Å². The van der Waals surface area contributed by atoms with Gasteiger partial charge in [-0.05, 0) is 45.0 Å². The van der Waals surface area contributed by atoms with Gasteiger partial charge in [0.25, 0.3) is 0 Å². The molecule has 0 atom stereocenters. The van der Waals surface area contributed by atoms with Gasteiger partial charge < -0.3 is 14.3 Å². The van der Waals surface area contributed by atoms with E-state index in [9.17, 15) is 9.90 Å². The van der Waals surface area contributed by atoms with Crippen LogP contribution >= 0.6 is 0 Å². The molecule has 28 heavy (non-hydrogen) atoms. The van der Waals surface area contributed by atoms with Crippen LogP contribution in [0.5, 0.6) is 5.75 Å². The second kappa shape index (κ2) is 8.07. The number of likely N-dealkylation sites (tertiary alicyclic amines) is 1. The lowest BCUT2D eigenvalue weighted by Crippen LogP contribution is -2.29. The summed E-state index contributed by atoms with van der Waals surface area (Å²) < 4.78 is 11.5. The van der Waals surface area contributed by atoms with Crippen LogP contribution in [-0.2, 0) is 11.3 Å². The molecule has 2 aromatic carbocycles. The van der Waals surface area contributed by atoms with E-state index < -0.39 is 5.97 Å². The number of piperidine rings is 1. The second-order valence-electron chi connectivity index (χ2n) is 7.17. The van der Waals surface area contributed by atoms with E-state index >= 15 is 0 Å². The fourth-order valence-corrected chi connectivity index (χ4v) is 3.94. The molecule has 0 saturated carbocycles. The molecule has 0 aliphatic carbocycles. The molecule has 146 valence electrons. The van der Waals surface area contributed by atoms with Gasteiger partial charge in [0, 0.05) is 23.1 Å². The molecule has 0 bridgehead atoms. The van der Waals surface area contributed by atoms with Gasteiger partial charge in [-0.1, -0.05) is 36.8 Å². The largest absolute Gasteiger partial charge is 0.508 e. The Balaban J connectivity index is 1.90. The molecule has 1 fully saturated rings. The topological polar surface area (TPSA) is 62.9 Å². The number of phenolic OH excluding ortho intramolecular Hbond substituents is 1. The van der Waals surface area contributed by atoms with E-state index in [0.29, 0.717) is 28.8 Å². The summed E-state index contributed by atoms with van der Waals surface area (Å²) in [6.45, 7) is 4.64. The zero-order valence-electron chi connectivity index (χ0n) is 16.1. The molecule has 0 spiro atoms. The zero-order valence-corrected chi connectivity index (χ0v) is 16.1. The van der Waals surface area contributed by atoms with Crippen LogP contribution in [0, 0.1) is 0 Å². The first-order chi connectivity index (χ1) is 13.7. The number of carbonyl (C=O) groups excluding carboxylic acids is 1. The quantitative estimate of drug-likeness (QED) is 0.634. The third-order valence-corrected chi connectivity index (χ3v) is 5.28. The van der Waals surface area contributed by atoms with Crippen molar-refractivity contribution in [2.24, 2.45) is 0 Å². The standard InChI is InChI=1S/C23H25NO4/c1-2-27-23(26)21-20-17(15-24-13-7-4-8-14-24)18(25)11-12-19(20)28-22(21)16-9-5-3-6-10-16/h3,5-6,9-12,25H,2,4,7-8,13-15H2,1H3. The molecule has 1 aliphatic rings. The molecule has 1 aliphatic heterocycles. The number of esters is 1. The lowest BCUT2D eigenvalue weighted by atomic mass is 10.00. The summed E-state index contributed by atoms with van der Waals surface area (Å²) in [6, 6.07) is 12.9. The highest BCUT2D eigenvalue weighted by Crippen LogP contribution is 2.39. The molecule has 0 unspecified atom stereocenters. The lowest BCUT2D eigenvalue weighted by Gasteiger charge is -2.27. The molecule has 1 N–H and O–H groups in total. The Labute approximate surface area is 164 Å². The normalized spacial score (nSPS) is 15.0. The number of benzene rings is 2. The Hall–Kier alpha value is -2.79. The summed E-state index contributed by atoms with van der Waals surface area (Å²) in [5, 5.41) is 11.3. The van der Waals surface area contributed by atoms with Crippen molar-refractivity contribution in [1.29, 1.82) is 0 Å². The summed E-state index contributed by atoms with van der Waals surface area (Å²) in [6.07, 6.45) is 3.55. The maximum atomic E-state index is 12.9. The highest BCUT2D eigenvalue weighted by molar-refractivity contribution is 6.10. The summed E-state index contributed by atoms with van der Waals surface area (Å²) >= 11 is 0. The molecule has 0 radical (unpaired) electrons. The SMILES string of the molecule is CCOC(=O)c1c(-c2ccccc2)oc2ccc(O)c(CN3CCCCC3)c12. The fraction of sp³-hybridized carbons (Fsp3) is 0.348. The minimum Gasteiger partial charge on any atom is -0.508 e. The number of furan rings is 1. The molecular weight excluding hydrogens is 354 g/mol. The van der Waals surface area contributed by atoms with Crippen LogP contribution in [-0.4, -0.2) is 35.7 Å². The molecular formula is C23H25NO4. The van der Waals surface area contributed by atoms with Gasteiger partial charge >= 0.3 is 5.97 Å². The minimum absolute atomic E-state index is 0.184. The number of carbonyl (C=O) groups is 1. The Kier molecular flexibility index (Phi) is 5.35. The summed E-state index contributed by atoms with van der Waals surface area (Å²) in [5.74, 6) is 0.245. The van der Waals surface area contributed by atoms with Crippen LogP contribution in [0.4, 0.5) is 0 Å². The van der Waals surface area contributed by atoms with Gasteiger partial charge in [-0.3, -0.25) is 4.90 Å². The zero-order chi connectivity index (χ0) is 19.5. The van der Waals surface area contributed by atoms with Crippen molar-refractivity contribution in [3.63, 3.8) is 0 Å². The van der Waals surface area contributed by atoms with Gasteiger partial charge in [0.15, 0.2) is 0 Å².